The van der Waals surface area contributed by atoms with Gasteiger partial charge in [0, 0.05) is 25.9 Å². The van der Waals surface area contributed by atoms with Gasteiger partial charge in [-0.25, -0.2) is 0 Å². The van der Waals surface area contributed by atoms with Crippen molar-refractivity contribution in [2.24, 2.45) is 0 Å². The van der Waals surface area contributed by atoms with E-state index in [9.17, 15) is 5.11 Å². The minimum atomic E-state index is -0.194. The summed E-state index contributed by atoms with van der Waals surface area (Å²) < 4.78 is 4.89. The zero-order chi connectivity index (χ0) is 11.4. The Bertz CT molecular complexity index is 327. The second-order valence-electron chi connectivity index (χ2n) is 4.39. The molecular formula is C11H19N3O2. The maximum atomic E-state index is 9.76. The van der Waals surface area contributed by atoms with Crippen LogP contribution in [0.5, 0.6) is 0 Å². The minimum absolute atomic E-state index is 0.194. The summed E-state index contributed by atoms with van der Waals surface area (Å²) in [5.41, 5.74) is 0. The van der Waals surface area contributed by atoms with Gasteiger partial charge in [-0.3, -0.25) is 0 Å². The molecule has 1 aliphatic rings. The highest BCUT2D eigenvalue weighted by Gasteiger charge is 2.22. The Morgan fingerprint density at radius 3 is 2.94 bits per heavy atom. The first kappa shape index (κ1) is 11.5. The average molecular weight is 225 g/mol. The Morgan fingerprint density at radius 1 is 1.44 bits per heavy atom. The molecule has 0 unspecified atom stereocenters. The molecule has 1 saturated carbocycles. The van der Waals surface area contributed by atoms with Crippen molar-refractivity contribution >= 4 is 0 Å². The number of aryl methyl sites for hydroxylation is 1. The summed E-state index contributed by atoms with van der Waals surface area (Å²) in [5.74, 6) is 1.34. The maximum Gasteiger partial charge on any atom is 0.223 e. The van der Waals surface area contributed by atoms with Gasteiger partial charge in [0.15, 0.2) is 5.82 Å². The lowest BCUT2D eigenvalue weighted by Gasteiger charge is -2.28. The Labute approximate surface area is 95.2 Å². The molecule has 5 heteroatoms. The Balaban J connectivity index is 1.71. The van der Waals surface area contributed by atoms with E-state index >= 15 is 0 Å². The van der Waals surface area contributed by atoms with Crippen LogP contribution in [0.25, 0.3) is 0 Å². The molecule has 0 aliphatic heterocycles. The number of hydrogen-bond donors (Lipinski definition) is 2. The summed E-state index contributed by atoms with van der Waals surface area (Å²) >= 11 is 0. The minimum Gasteiger partial charge on any atom is -0.392 e. The van der Waals surface area contributed by atoms with Crippen LogP contribution in [0.4, 0.5) is 0 Å². The molecule has 1 aromatic heterocycles. The molecule has 0 radical (unpaired) electrons. The molecule has 0 amide bonds. The molecule has 1 heterocycles. The molecule has 0 bridgehead atoms. The number of rotatable bonds is 4. The van der Waals surface area contributed by atoms with Gasteiger partial charge in [0.25, 0.3) is 0 Å². The molecule has 90 valence electrons. The summed E-state index contributed by atoms with van der Waals surface area (Å²) in [5, 5.41) is 16.9. The molecule has 0 aromatic carbocycles. The van der Waals surface area contributed by atoms with Gasteiger partial charge >= 0.3 is 0 Å². The van der Waals surface area contributed by atoms with E-state index in [0.717, 1.165) is 38.1 Å². The van der Waals surface area contributed by atoms with Crippen LogP contribution in [-0.2, 0) is 6.42 Å². The van der Waals surface area contributed by atoms with Crippen LogP contribution >= 0.6 is 0 Å². The van der Waals surface area contributed by atoms with Crippen LogP contribution < -0.4 is 5.32 Å². The Morgan fingerprint density at radius 2 is 2.25 bits per heavy atom. The molecule has 2 rings (SSSR count). The second-order valence-corrected chi connectivity index (χ2v) is 4.39. The van der Waals surface area contributed by atoms with E-state index in [1.165, 1.54) is 6.42 Å². The normalized spacial score (nSPS) is 25.9. The second kappa shape index (κ2) is 5.41. The highest BCUT2D eigenvalue weighted by molar-refractivity contribution is 4.86. The topological polar surface area (TPSA) is 71.2 Å². The van der Waals surface area contributed by atoms with Crippen LogP contribution in [-0.4, -0.2) is 33.9 Å². The standard InChI is InChI=1S/C11H19N3O2/c1-8-13-11(14-16-8)6-7-12-9-4-2-3-5-10(9)15/h9-10,12,15H,2-7H2,1H3/t9-,10-/m0/s1. The van der Waals surface area contributed by atoms with E-state index in [0.29, 0.717) is 5.89 Å². The zero-order valence-corrected chi connectivity index (χ0v) is 9.65. The highest BCUT2D eigenvalue weighted by atomic mass is 16.5. The first-order valence-corrected chi connectivity index (χ1v) is 5.96. The van der Waals surface area contributed by atoms with Gasteiger partial charge in [0.2, 0.25) is 5.89 Å². The van der Waals surface area contributed by atoms with Gasteiger partial charge < -0.3 is 14.9 Å². The molecule has 2 N–H and O–H groups in total. The van der Waals surface area contributed by atoms with Crippen molar-refractivity contribution in [3.8, 4) is 0 Å². The molecule has 1 aliphatic carbocycles. The molecule has 1 aromatic rings. The SMILES string of the molecule is Cc1nc(CCN[C@H]2CCCC[C@@H]2O)no1. The Hall–Kier alpha value is -0.940. The van der Waals surface area contributed by atoms with Crippen LogP contribution in [0.1, 0.15) is 37.4 Å². The molecule has 2 atom stereocenters. The number of nitrogens with zero attached hydrogens (tertiary/aromatic N) is 2. The molecular weight excluding hydrogens is 206 g/mol. The molecule has 0 spiro atoms. The monoisotopic (exact) mass is 225 g/mol. The molecule has 16 heavy (non-hydrogen) atoms. The van der Waals surface area contributed by atoms with Crippen LogP contribution in [0, 0.1) is 6.92 Å². The van der Waals surface area contributed by atoms with Gasteiger partial charge in [-0.15, -0.1) is 0 Å². The molecule has 0 saturated heterocycles. The summed E-state index contributed by atoms with van der Waals surface area (Å²) in [6.45, 7) is 2.58. The first-order valence-electron chi connectivity index (χ1n) is 5.96. The third-order valence-electron chi connectivity index (χ3n) is 3.05. The van der Waals surface area contributed by atoms with Gasteiger partial charge in [-0.05, 0) is 12.8 Å². The van der Waals surface area contributed by atoms with E-state index in [-0.39, 0.29) is 12.1 Å². The number of hydrogen-bond acceptors (Lipinski definition) is 5. The lowest BCUT2D eigenvalue weighted by atomic mass is 9.92. The van der Waals surface area contributed by atoms with E-state index < -0.39 is 0 Å². The van der Waals surface area contributed by atoms with Gasteiger partial charge in [0.1, 0.15) is 0 Å². The fourth-order valence-corrected chi connectivity index (χ4v) is 2.16. The van der Waals surface area contributed by atoms with Crippen molar-refractivity contribution in [2.45, 2.75) is 51.2 Å². The van der Waals surface area contributed by atoms with Crippen LogP contribution in [0.3, 0.4) is 0 Å². The smallest absolute Gasteiger partial charge is 0.223 e. The van der Waals surface area contributed by atoms with E-state index in [1.54, 1.807) is 6.92 Å². The van der Waals surface area contributed by atoms with E-state index in [2.05, 4.69) is 15.5 Å². The summed E-state index contributed by atoms with van der Waals surface area (Å²) in [7, 11) is 0. The van der Waals surface area contributed by atoms with E-state index in [4.69, 9.17) is 4.52 Å². The number of aliphatic hydroxyl groups is 1. The van der Waals surface area contributed by atoms with Gasteiger partial charge in [-0.2, -0.15) is 4.98 Å². The molecule has 1 fully saturated rings. The van der Waals surface area contributed by atoms with Gasteiger partial charge in [-0.1, -0.05) is 18.0 Å². The zero-order valence-electron chi connectivity index (χ0n) is 9.65. The van der Waals surface area contributed by atoms with Crippen LogP contribution in [0.15, 0.2) is 4.52 Å². The summed E-state index contributed by atoms with van der Waals surface area (Å²) in [6.07, 6.45) is 4.88. The average Bonchev–Trinajstić information content (AvgIpc) is 2.67. The van der Waals surface area contributed by atoms with Crippen LogP contribution in [0.2, 0.25) is 0 Å². The first-order chi connectivity index (χ1) is 7.75. The van der Waals surface area contributed by atoms with Gasteiger partial charge in [0.05, 0.1) is 6.10 Å². The lowest BCUT2D eigenvalue weighted by Crippen LogP contribution is -2.42. The van der Waals surface area contributed by atoms with Crippen molar-refractivity contribution in [1.29, 1.82) is 0 Å². The lowest BCUT2D eigenvalue weighted by molar-refractivity contribution is 0.0913. The highest BCUT2D eigenvalue weighted by Crippen LogP contribution is 2.18. The van der Waals surface area contributed by atoms with Crippen molar-refractivity contribution < 1.29 is 9.63 Å². The number of aromatic nitrogens is 2. The fraction of sp³-hybridized carbons (Fsp3) is 0.818. The predicted molar refractivity (Wildman–Crippen MR) is 59.0 cm³/mol. The number of nitrogens with one attached hydrogen (secondary N) is 1. The van der Waals surface area contributed by atoms with Crippen molar-refractivity contribution in [3.63, 3.8) is 0 Å². The summed E-state index contributed by atoms with van der Waals surface area (Å²) in [6, 6.07) is 0.238. The number of aliphatic hydroxyl groups excluding tert-OH is 1. The summed E-state index contributed by atoms with van der Waals surface area (Å²) in [4.78, 5) is 4.13. The van der Waals surface area contributed by atoms with Crippen molar-refractivity contribution in [3.05, 3.63) is 11.7 Å². The van der Waals surface area contributed by atoms with Crippen molar-refractivity contribution in [1.82, 2.24) is 15.5 Å². The molecule has 5 nitrogen and oxygen atoms in total. The predicted octanol–water partition coefficient (Wildman–Crippen LogP) is 0.814. The quantitative estimate of drug-likeness (QED) is 0.793. The largest absolute Gasteiger partial charge is 0.392 e. The maximum absolute atomic E-state index is 9.76. The Kier molecular flexibility index (Phi) is 3.90. The van der Waals surface area contributed by atoms with Crippen molar-refractivity contribution in [2.75, 3.05) is 6.54 Å². The fourth-order valence-electron chi connectivity index (χ4n) is 2.16. The van der Waals surface area contributed by atoms with E-state index in [1.807, 2.05) is 0 Å². The third kappa shape index (κ3) is 3.02. The third-order valence-corrected chi connectivity index (χ3v) is 3.05.